The summed E-state index contributed by atoms with van der Waals surface area (Å²) in [6.07, 6.45) is -1.90. The maximum atomic E-state index is 13.6. The van der Waals surface area contributed by atoms with E-state index in [1.807, 2.05) is 30.7 Å². The standard InChI is InChI=1S/C25H30F3N5O3/c1-15-11-21-19(22-20(23(34)30-21)13-29-33(22)17-3-9-36-10-4-17)12-18(15)24(35)32-8-7-31(16(2)14-32)6-5-25(26,27)28/h11-13,16-17H,3-10,14H2,1-2H3,(H,30,34)/t16-/m0/s1. The number of ether oxygens (including phenoxy) is 1. The van der Waals surface area contributed by atoms with E-state index in [4.69, 9.17) is 4.74 Å². The molecule has 0 spiro atoms. The highest BCUT2D eigenvalue weighted by Crippen LogP contribution is 2.30. The van der Waals surface area contributed by atoms with E-state index in [1.165, 1.54) is 0 Å². The number of H-pyrrole nitrogens is 1. The monoisotopic (exact) mass is 505 g/mol. The number of nitrogens with zero attached hydrogens (tertiary/aromatic N) is 4. The molecule has 194 valence electrons. The first-order valence-corrected chi connectivity index (χ1v) is 12.3. The first kappa shape index (κ1) is 24.8. The predicted octanol–water partition coefficient (Wildman–Crippen LogP) is 3.64. The molecule has 11 heteroatoms. The summed E-state index contributed by atoms with van der Waals surface area (Å²) in [6.45, 7) is 5.98. The summed E-state index contributed by atoms with van der Waals surface area (Å²) in [5, 5.41) is 5.75. The number of hydrogen-bond donors (Lipinski definition) is 1. The number of piperazine rings is 1. The van der Waals surface area contributed by atoms with Crippen LogP contribution in [0, 0.1) is 6.92 Å². The van der Waals surface area contributed by atoms with Crippen LogP contribution in [-0.4, -0.2) is 82.1 Å². The van der Waals surface area contributed by atoms with Crippen molar-refractivity contribution in [1.82, 2.24) is 24.6 Å². The van der Waals surface area contributed by atoms with E-state index in [9.17, 15) is 22.8 Å². The number of aromatic nitrogens is 3. The lowest BCUT2D eigenvalue weighted by molar-refractivity contribution is -0.140. The molecule has 2 aliphatic rings. The van der Waals surface area contributed by atoms with Gasteiger partial charge in [0.15, 0.2) is 0 Å². The Balaban J connectivity index is 1.47. The molecule has 3 aromatic rings. The van der Waals surface area contributed by atoms with Gasteiger partial charge in [-0.05, 0) is 44.4 Å². The predicted molar refractivity (Wildman–Crippen MR) is 129 cm³/mol. The topological polar surface area (TPSA) is 83.5 Å². The van der Waals surface area contributed by atoms with E-state index in [0.29, 0.717) is 54.8 Å². The molecule has 5 rings (SSSR count). The van der Waals surface area contributed by atoms with Crippen LogP contribution in [-0.2, 0) is 4.74 Å². The fourth-order valence-electron chi connectivity index (χ4n) is 5.38. The maximum absolute atomic E-state index is 13.6. The number of carbonyl (C=O) groups is 1. The molecule has 2 fully saturated rings. The average Bonchev–Trinajstić information content (AvgIpc) is 3.29. The van der Waals surface area contributed by atoms with Crippen molar-refractivity contribution in [2.24, 2.45) is 0 Å². The van der Waals surface area contributed by atoms with Crippen molar-refractivity contribution in [3.8, 4) is 0 Å². The van der Waals surface area contributed by atoms with Crippen LogP contribution in [0.1, 0.15) is 48.1 Å². The second-order valence-corrected chi connectivity index (χ2v) is 9.86. The van der Waals surface area contributed by atoms with Crippen molar-refractivity contribution < 1.29 is 22.7 Å². The molecule has 0 unspecified atom stereocenters. The molecule has 2 aromatic heterocycles. The molecular formula is C25H30F3N5O3. The number of halogens is 3. The third kappa shape index (κ3) is 4.73. The molecule has 1 aromatic carbocycles. The van der Waals surface area contributed by atoms with Crippen LogP contribution in [0.25, 0.3) is 21.8 Å². The number of aryl methyl sites for hydroxylation is 1. The van der Waals surface area contributed by atoms with Crippen molar-refractivity contribution >= 4 is 27.7 Å². The van der Waals surface area contributed by atoms with Gasteiger partial charge in [0.1, 0.15) is 0 Å². The van der Waals surface area contributed by atoms with Gasteiger partial charge in [-0.2, -0.15) is 18.3 Å². The molecule has 0 saturated carbocycles. The summed E-state index contributed by atoms with van der Waals surface area (Å²) >= 11 is 0. The minimum atomic E-state index is -4.20. The molecule has 2 saturated heterocycles. The molecule has 4 heterocycles. The lowest BCUT2D eigenvalue weighted by Crippen LogP contribution is -2.54. The second-order valence-electron chi connectivity index (χ2n) is 9.86. The Morgan fingerprint density at radius 3 is 2.64 bits per heavy atom. The van der Waals surface area contributed by atoms with Crippen LogP contribution in [0.5, 0.6) is 0 Å². The first-order chi connectivity index (χ1) is 17.1. The van der Waals surface area contributed by atoms with E-state index in [1.54, 1.807) is 16.0 Å². The van der Waals surface area contributed by atoms with Crippen LogP contribution >= 0.6 is 0 Å². The summed E-state index contributed by atoms with van der Waals surface area (Å²) in [5.74, 6) is -0.159. The van der Waals surface area contributed by atoms with Gasteiger partial charge in [-0.3, -0.25) is 19.2 Å². The number of amides is 1. The molecule has 1 amide bonds. The number of carbonyl (C=O) groups excluding carboxylic acids is 1. The molecule has 2 aliphatic heterocycles. The molecular weight excluding hydrogens is 475 g/mol. The van der Waals surface area contributed by atoms with Gasteiger partial charge >= 0.3 is 6.18 Å². The number of rotatable bonds is 4. The van der Waals surface area contributed by atoms with Crippen LogP contribution in [0.3, 0.4) is 0 Å². The summed E-state index contributed by atoms with van der Waals surface area (Å²) in [7, 11) is 0. The number of alkyl halides is 3. The van der Waals surface area contributed by atoms with E-state index in [-0.39, 0.29) is 30.1 Å². The van der Waals surface area contributed by atoms with Gasteiger partial charge in [0.05, 0.1) is 35.1 Å². The lowest BCUT2D eigenvalue weighted by atomic mass is 10.0. The molecule has 1 atom stereocenters. The molecule has 8 nitrogen and oxygen atoms in total. The van der Waals surface area contributed by atoms with E-state index in [2.05, 4.69) is 10.1 Å². The zero-order chi connectivity index (χ0) is 25.6. The number of aromatic amines is 1. The minimum absolute atomic E-state index is 0.0662. The van der Waals surface area contributed by atoms with Crippen molar-refractivity contribution in [3.05, 3.63) is 39.8 Å². The SMILES string of the molecule is Cc1cc2[nH]c(=O)c3cnn(C4CCOCC4)c3c2cc1C(=O)N1CCN(CCC(F)(F)F)[C@@H](C)C1. The van der Waals surface area contributed by atoms with Crippen molar-refractivity contribution in [1.29, 1.82) is 0 Å². The third-order valence-corrected chi connectivity index (χ3v) is 7.41. The van der Waals surface area contributed by atoms with Crippen molar-refractivity contribution in [3.63, 3.8) is 0 Å². The quantitative estimate of drug-likeness (QED) is 0.586. The average molecular weight is 506 g/mol. The zero-order valence-electron chi connectivity index (χ0n) is 20.4. The summed E-state index contributed by atoms with van der Waals surface area (Å²) < 4.78 is 45.4. The minimum Gasteiger partial charge on any atom is -0.381 e. The van der Waals surface area contributed by atoms with E-state index >= 15 is 0 Å². The number of pyridine rings is 1. The van der Waals surface area contributed by atoms with Crippen LogP contribution < -0.4 is 5.56 Å². The van der Waals surface area contributed by atoms with Gasteiger partial charge in [0.25, 0.3) is 11.5 Å². The third-order valence-electron chi connectivity index (χ3n) is 7.41. The molecule has 1 N–H and O–H groups in total. The first-order valence-electron chi connectivity index (χ1n) is 12.3. The largest absolute Gasteiger partial charge is 0.390 e. The van der Waals surface area contributed by atoms with Gasteiger partial charge in [-0.1, -0.05) is 0 Å². The fraction of sp³-hybridized carbons (Fsp3) is 0.560. The highest BCUT2D eigenvalue weighted by molar-refractivity contribution is 6.07. The Hall–Kier alpha value is -2.92. The van der Waals surface area contributed by atoms with Gasteiger partial charge in [0, 0.05) is 56.4 Å². The highest BCUT2D eigenvalue weighted by Gasteiger charge is 2.32. The van der Waals surface area contributed by atoms with E-state index in [0.717, 1.165) is 23.8 Å². The smallest absolute Gasteiger partial charge is 0.381 e. The lowest BCUT2D eigenvalue weighted by Gasteiger charge is -2.40. The Kier molecular flexibility index (Phi) is 6.54. The Morgan fingerprint density at radius 1 is 1.19 bits per heavy atom. The number of nitrogens with one attached hydrogen (secondary N) is 1. The van der Waals surface area contributed by atoms with Crippen molar-refractivity contribution in [2.75, 3.05) is 39.4 Å². The number of fused-ring (bicyclic) bond motifs is 3. The fourth-order valence-corrected chi connectivity index (χ4v) is 5.38. The normalized spacial score (nSPS) is 20.5. The Morgan fingerprint density at radius 2 is 1.94 bits per heavy atom. The van der Waals surface area contributed by atoms with Crippen LogP contribution in [0.15, 0.2) is 23.1 Å². The Labute approximate surface area is 206 Å². The van der Waals surface area contributed by atoms with Crippen molar-refractivity contribution in [2.45, 2.75) is 51.4 Å². The van der Waals surface area contributed by atoms with Gasteiger partial charge in [-0.15, -0.1) is 0 Å². The van der Waals surface area contributed by atoms with Gasteiger partial charge in [-0.25, -0.2) is 0 Å². The zero-order valence-corrected chi connectivity index (χ0v) is 20.4. The van der Waals surface area contributed by atoms with Crippen LogP contribution in [0.2, 0.25) is 0 Å². The van der Waals surface area contributed by atoms with Gasteiger partial charge < -0.3 is 14.6 Å². The number of benzene rings is 1. The molecule has 0 bridgehead atoms. The van der Waals surface area contributed by atoms with E-state index < -0.39 is 12.6 Å². The van der Waals surface area contributed by atoms with Gasteiger partial charge in [0.2, 0.25) is 0 Å². The van der Waals surface area contributed by atoms with Crippen LogP contribution in [0.4, 0.5) is 13.2 Å². The summed E-state index contributed by atoms with van der Waals surface area (Å²) in [4.78, 5) is 32.8. The molecule has 0 radical (unpaired) electrons. The Bertz CT molecular complexity index is 1340. The second kappa shape index (κ2) is 9.51. The highest BCUT2D eigenvalue weighted by atomic mass is 19.4. The molecule has 0 aliphatic carbocycles. The number of hydrogen-bond acceptors (Lipinski definition) is 5. The maximum Gasteiger partial charge on any atom is 0.390 e. The summed E-state index contributed by atoms with van der Waals surface area (Å²) in [5.41, 5.74) is 2.37. The molecule has 36 heavy (non-hydrogen) atoms. The summed E-state index contributed by atoms with van der Waals surface area (Å²) in [6, 6.07) is 3.56.